The molecular weight excluding hydrogens is 375 g/mol. The zero-order valence-electron chi connectivity index (χ0n) is 15.5. The normalized spacial score (nSPS) is 11.0. The number of hydrogen-bond acceptors (Lipinski definition) is 5. The molecule has 0 spiro atoms. The van der Waals surface area contributed by atoms with Crippen molar-refractivity contribution >= 4 is 22.5 Å². The van der Waals surface area contributed by atoms with Crippen molar-refractivity contribution in [2.24, 2.45) is 0 Å². The van der Waals surface area contributed by atoms with Crippen LogP contribution in [0.1, 0.15) is 11.4 Å². The van der Waals surface area contributed by atoms with Gasteiger partial charge in [-0.3, -0.25) is 14.2 Å². The van der Waals surface area contributed by atoms with Crippen LogP contribution in [0.3, 0.4) is 0 Å². The van der Waals surface area contributed by atoms with E-state index in [4.69, 9.17) is 0 Å². The number of aryl methyl sites for hydroxylation is 1. The average Bonchev–Trinajstić information content (AvgIpc) is 3.20. The van der Waals surface area contributed by atoms with E-state index in [-0.39, 0.29) is 17.8 Å². The van der Waals surface area contributed by atoms with Crippen LogP contribution in [0, 0.1) is 12.7 Å². The maximum Gasteiger partial charge on any atom is 0.261 e. The van der Waals surface area contributed by atoms with Crippen LogP contribution < -0.4 is 10.9 Å². The van der Waals surface area contributed by atoms with Crippen molar-refractivity contribution in [1.29, 1.82) is 0 Å². The highest BCUT2D eigenvalue weighted by molar-refractivity contribution is 5.90. The Kier molecular flexibility index (Phi) is 4.86. The summed E-state index contributed by atoms with van der Waals surface area (Å²) in [5, 5.41) is 6.94. The summed E-state index contributed by atoms with van der Waals surface area (Å²) >= 11 is 0. The molecule has 1 N–H and O–H groups in total. The van der Waals surface area contributed by atoms with Crippen molar-refractivity contribution in [1.82, 2.24) is 24.3 Å². The number of rotatable bonds is 5. The van der Waals surface area contributed by atoms with Crippen molar-refractivity contribution in [3.05, 3.63) is 82.7 Å². The van der Waals surface area contributed by atoms with Crippen LogP contribution in [0.25, 0.3) is 10.9 Å². The first-order valence-corrected chi connectivity index (χ1v) is 8.87. The number of hydrogen-bond donors (Lipinski definition) is 1. The number of nitrogens with zero attached hydrogens (tertiary/aromatic N) is 5. The molecule has 0 unspecified atom stereocenters. The number of carbonyl (C=O) groups excluding carboxylic acids is 1. The van der Waals surface area contributed by atoms with E-state index in [2.05, 4.69) is 20.4 Å². The molecule has 0 saturated heterocycles. The lowest BCUT2D eigenvalue weighted by atomic mass is 10.2. The van der Waals surface area contributed by atoms with Gasteiger partial charge in [-0.25, -0.2) is 19.0 Å². The third-order valence-corrected chi connectivity index (χ3v) is 4.46. The van der Waals surface area contributed by atoms with Crippen molar-refractivity contribution in [2.75, 3.05) is 5.32 Å². The number of fused-ring (bicyclic) bond motifs is 1. The molecule has 4 rings (SSSR count). The number of nitrogens with one attached hydrogen (secondary N) is 1. The van der Waals surface area contributed by atoms with Crippen LogP contribution in [-0.2, 0) is 17.9 Å². The molecule has 0 aliphatic heterocycles. The van der Waals surface area contributed by atoms with Crippen LogP contribution in [0.4, 0.5) is 10.1 Å². The predicted molar refractivity (Wildman–Crippen MR) is 105 cm³/mol. The van der Waals surface area contributed by atoms with E-state index < -0.39 is 11.4 Å². The van der Waals surface area contributed by atoms with Crippen LogP contribution in [0.15, 0.2) is 59.9 Å². The SMILES string of the molecule is Cc1nc2ccc(F)cc2c(=O)n1CC(=O)Nc1ccc(Cn2cncn2)cc1. The van der Waals surface area contributed by atoms with Gasteiger partial charge in [-0.2, -0.15) is 5.10 Å². The van der Waals surface area contributed by atoms with Gasteiger partial charge in [-0.1, -0.05) is 12.1 Å². The second-order valence-corrected chi connectivity index (χ2v) is 6.55. The van der Waals surface area contributed by atoms with Gasteiger partial charge in [0.25, 0.3) is 5.56 Å². The monoisotopic (exact) mass is 392 g/mol. The molecule has 0 saturated carbocycles. The summed E-state index contributed by atoms with van der Waals surface area (Å²) < 4.78 is 16.4. The van der Waals surface area contributed by atoms with Crippen LogP contribution >= 0.6 is 0 Å². The molecule has 1 amide bonds. The van der Waals surface area contributed by atoms with Gasteiger partial charge in [0.1, 0.15) is 30.8 Å². The van der Waals surface area contributed by atoms with Gasteiger partial charge in [-0.05, 0) is 42.8 Å². The van der Waals surface area contributed by atoms with E-state index in [9.17, 15) is 14.0 Å². The maximum atomic E-state index is 13.5. The summed E-state index contributed by atoms with van der Waals surface area (Å²) in [5.41, 5.74) is 1.54. The fraction of sp³-hybridized carbons (Fsp3) is 0.150. The minimum atomic E-state index is -0.526. The van der Waals surface area contributed by atoms with Crippen molar-refractivity contribution < 1.29 is 9.18 Å². The topological polar surface area (TPSA) is 94.7 Å². The molecular formula is C20H17FN6O2. The van der Waals surface area contributed by atoms with Gasteiger partial charge >= 0.3 is 0 Å². The Balaban J connectivity index is 1.49. The Bertz CT molecular complexity index is 1230. The van der Waals surface area contributed by atoms with Crippen molar-refractivity contribution in [2.45, 2.75) is 20.0 Å². The third-order valence-electron chi connectivity index (χ3n) is 4.46. The summed E-state index contributed by atoms with van der Waals surface area (Å²) in [6, 6.07) is 11.1. The maximum absolute atomic E-state index is 13.5. The molecule has 0 bridgehead atoms. The van der Waals surface area contributed by atoms with E-state index in [0.29, 0.717) is 23.6 Å². The molecule has 2 aromatic heterocycles. The van der Waals surface area contributed by atoms with E-state index >= 15 is 0 Å². The lowest BCUT2D eigenvalue weighted by Crippen LogP contribution is -2.30. The quantitative estimate of drug-likeness (QED) is 0.561. The van der Waals surface area contributed by atoms with E-state index in [0.717, 1.165) is 11.6 Å². The predicted octanol–water partition coefficient (Wildman–Crippen LogP) is 2.12. The summed E-state index contributed by atoms with van der Waals surface area (Å²) in [6.07, 6.45) is 3.09. The standard InChI is InChI=1S/C20H17FN6O2/c1-13-24-18-7-4-15(21)8-17(18)20(29)27(13)10-19(28)25-16-5-2-14(3-6-16)9-26-12-22-11-23-26/h2-8,11-12H,9-10H2,1H3,(H,25,28). The van der Waals surface area contributed by atoms with Gasteiger partial charge in [0, 0.05) is 5.69 Å². The molecule has 0 fully saturated rings. The number of carbonyl (C=O) groups is 1. The molecule has 4 aromatic rings. The second-order valence-electron chi connectivity index (χ2n) is 6.55. The fourth-order valence-corrected chi connectivity index (χ4v) is 3.03. The molecule has 29 heavy (non-hydrogen) atoms. The summed E-state index contributed by atoms with van der Waals surface area (Å²) in [6.45, 7) is 1.99. The molecule has 2 heterocycles. The summed E-state index contributed by atoms with van der Waals surface area (Å²) in [4.78, 5) is 33.3. The van der Waals surface area contributed by atoms with Crippen LogP contribution in [-0.4, -0.2) is 30.2 Å². The molecule has 0 atom stereocenters. The van der Waals surface area contributed by atoms with E-state index in [1.165, 1.54) is 23.0 Å². The molecule has 0 radical (unpaired) electrons. The van der Waals surface area contributed by atoms with Gasteiger partial charge in [0.2, 0.25) is 5.91 Å². The number of aromatic nitrogens is 5. The average molecular weight is 392 g/mol. The zero-order valence-corrected chi connectivity index (χ0v) is 15.5. The molecule has 0 aliphatic carbocycles. The number of benzene rings is 2. The van der Waals surface area contributed by atoms with Crippen LogP contribution in [0.5, 0.6) is 0 Å². The molecule has 146 valence electrons. The highest BCUT2D eigenvalue weighted by atomic mass is 19.1. The van der Waals surface area contributed by atoms with Crippen molar-refractivity contribution in [3.63, 3.8) is 0 Å². The molecule has 9 heteroatoms. The van der Waals surface area contributed by atoms with Gasteiger partial charge in [0.05, 0.1) is 17.4 Å². The largest absolute Gasteiger partial charge is 0.325 e. The van der Waals surface area contributed by atoms with Gasteiger partial charge in [0.15, 0.2) is 0 Å². The number of halogens is 1. The molecule has 8 nitrogen and oxygen atoms in total. The number of amides is 1. The summed E-state index contributed by atoms with van der Waals surface area (Å²) in [7, 11) is 0. The van der Waals surface area contributed by atoms with E-state index in [1.807, 2.05) is 12.1 Å². The van der Waals surface area contributed by atoms with Gasteiger partial charge in [-0.15, -0.1) is 0 Å². The zero-order chi connectivity index (χ0) is 20.4. The van der Waals surface area contributed by atoms with E-state index in [1.54, 1.807) is 30.1 Å². The first-order chi connectivity index (χ1) is 14.0. The highest BCUT2D eigenvalue weighted by Gasteiger charge is 2.12. The highest BCUT2D eigenvalue weighted by Crippen LogP contribution is 2.12. The van der Waals surface area contributed by atoms with Crippen molar-refractivity contribution in [3.8, 4) is 0 Å². The fourth-order valence-electron chi connectivity index (χ4n) is 3.03. The Morgan fingerprint density at radius 1 is 1.17 bits per heavy atom. The van der Waals surface area contributed by atoms with Crippen LogP contribution in [0.2, 0.25) is 0 Å². The first kappa shape index (κ1) is 18.5. The Morgan fingerprint density at radius 2 is 1.97 bits per heavy atom. The lowest BCUT2D eigenvalue weighted by Gasteiger charge is -2.11. The molecule has 2 aromatic carbocycles. The second kappa shape index (κ2) is 7.63. The summed E-state index contributed by atoms with van der Waals surface area (Å²) in [5.74, 6) is -0.522. The Hall–Kier alpha value is -3.88. The smallest absolute Gasteiger partial charge is 0.261 e. The number of anilines is 1. The first-order valence-electron chi connectivity index (χ1n) is 8.87. The molecule has 0 aliphatic rings. The lowest BCUT2D eigenvalue weighted by molar-refractivity contribution is -0.116. The minimum absolute atomic E-state index is 0.140. The third kappa shape index (κ3) is 4.03. The Labute approximate surface area is 164 Å². The Morgan fingerprint density at radius 3 is 2.69 bits per heavy atom. The minimum Gasteiger partial charge on any atom is -0.325 e. The van der Waals surface area contributed by atoms with Gasteiger partial charge < -0.3 is 5.32 Å².